The maximum absolute atomic E-state index is 13.7. The Morgan fingerprint density at radius 1 is 1.38 bits per heavy atom. The number of carbonyl (C=O) groups excluding carboxylic acids is 1. The smallest absolute Gasteiger partial charge is 0.230 e. The highest BCUT2D eigenvalue weighted by atomic mass is 32.1. The molecule has 3 aromatic rings. The van der Waals surface area contributed by atoms with E-state index in [1.807, 2.05) is 25.3 Å². The summed E-state index contributed by atoms with van der Waals surface area (Å²) in [4.78, 5) is 16.7. The van der Waals surface area contributed by atoms with E-state index in [1.54, 1.807) is 18.2 Å². The fourth-order valence-electron chi connectivity index (χ4n) is 2.90. The second-order valence-corrected chi connectivity index (χ2v) is 6.90. The fourth-order valence-corrected chi connectivity index (χ4v) is 3.63. The molecule has 0 radical (unpaired) electrons. The Hall–Kier alpha value is -2.73. The van der Waals surface area contributed by atoms with Crippen molar-refractivity contribution in [2.45, 2.75) is 26.8 Å². The number of nitrogens with zero attached hydrogens (tertiary/aromatic N) is 2. The molecule has 0 spiro atoms. The highest BCUT2D eigenvalue weighted by Crippen LogP contribution is 2.30. The lowest BCUT2D eigenvalue weighted by atomic mass is 10.1. The third-order valence-electron chi connectivity index (χ3n) is 4.22. The molecule has 0 saturated heterocycles. The molecule has 1 N–H and O–H groups in total. The fraction of sp³-hybridized carbons (Fsp3) is 0.200. The third kappa shape index (κ3) is 3.75. The number of thiazole rings is 1. The average Bonchev–Trinajstić information content (AvgIpc) is 3.16. The van der Waals surface area contributed by atoms with Gasteiger partial charge >= 0.3 is 0 Å². The summed E-state index contributed by atoms with van der Waals surface area (Å²) >= 11 is 1.36. The SMILES string of the molecule is C=CCn1c(C)cc(-c2csc(NC(=O)Cc3ccccc3F)n2)c1C. The van der Waals surface area contributed by atoms with Crippen LogP contribution in [-0.4, -0.2) is 15.5 Å². The summed E-state index contributed by atoms with van der Waals surface area (Å²) in [7, 11) is 0. The molecule has 1 aromatic carbocycles. The van der Waals surface area contributed by atoms with E-state index in [0.717, 1.165) is 29.2 Å². The second kappa shape index (κ2) is 7.66. The van der Waals surface area contributed by atoms with Crippen LogP contribution in [0, 0.1) is 19.7 Å². The molecular formula is C20H20FN3OS. The predicted molar refractivity (Wildman–Crippen MR) is 104 cm³/mol. The van der Waals surface area contributed by atoms with Crippen molar-refractivity contribution in [2.24, 2.45) is 0 Å². The lowest BCUT2D eigenvalue weighted by molar-refractivity contribution is -0.115. The number of anilines is 1. The summed E-state index contributed by atoms with van der Waals surface area (Å²) in [6.07, 6.45) is 1.84. The van der Waals surface area contributed by atoms with Gasteiger partial charge in [-0.3, -0.25) is 4.79 Å². The van der Waals surface area contributed by atoms with E-state index in [0.29, 0.717) is 10.7 Å². The number of nitrogens with one attached hydrogen (secondary N) is 1. The summed E-state index contributed by atoms with van der Waals surface area (Å²) in [5.74, 6) is -0.662. The van der Waals surface area contributed by atoms with Crippen molar-refractivity contribution < 1.29 is 9.18 Å². The number of benzene rings is 1. The van der Waals surface area contributed by atoms with Gasteiger partial charge in [-0.2, -0.15) is 0 Å². The Kier molecular flexibility index (Phi) is 5.32. The van der Waals surface area contributed by atoms with Crippen molar-refractivity contribution in [3.8, 4) is 11.3 Å². The minimum atomic E-state index is -0.378. The van der Waals surface area contributed by atoms with Crippen molar-refractivity contribution in [3.63, 3.8) is 0 Å². The van der Waals surface area contributed by atoms with Crippen molar-refractivity contribution >= 4 is 22.4 Å². The van der Waals surface area contributed by atoms with Gasteiger partial charge in [0.2, 0.25) is 5.91 Å². The summed E-state index contributed by atoms with van der Waals surface area (Å²) in [5.41, 5.74) is 4.47. The standard InChI is InChI=1S/C20H20FN3OS/c1-4-9-24-13(2)10-16(14(24)3)18-12-26-20(22-18)23-19(25)11-15-7-5-6-8-17(15)21/h4-8,10,12H,1,9,11H2,2-3H3,(H,22,23,25). The van der Waals surface area contributed by atoms with E-state index in [9.17, 15) is 9.18 Å². The number of aryl methyl sites for hydroxylation is 1. The molecule has 1 amide bonds. The van der Waals surface area contributed by atoms with Gasteiger partial charge in [-0.15, -0.1) is 17.9 Å². The van der Waals surface area contributed by atoms with Crippen LogP contribution in [0.5, 0.6) is 0 Å². The average molecular weight is 369 g/mol. The van der Waals surface area contributed by atoms with Crippen molar-refractivity contribution in [3.05, 3.63) is 71.1 Å². The molecule has 0 bridgehead atoms. The normalized spacial score (nSPS) is 10.7. The highest BCUT2D eigenvalue weighted by Gasteiger charge is 2.15. The quantitative estimate of drug-likeness (QED) is 0.638. The Balaban J connectivity index is 1.74. The molecule has 6 heteroatoms. The Bertz CT molecular complexity index is 958. The number of hydrogen-bond acceptors (Lipinski definition) is 3. The van der Waals surface area contributed by atoms with Crippen LogP contribution in [0.15, 0.2) is 48.4 Å². The summed E-state index contributed by atoms with van der Waals surface area (Å²) in [5, 5.41) is 5.18. The van der Waals surface area contributed by atoms with Crippen LogP contribution in [0.2, 0.25) is 0 Å². The third-order valence-corrected chi connectivity index (χ3v) is 4.98. The molecule has 0 atom stereocenters. The van der Waals surface area contributed by atoms with E-state index >= 15 is 0 Å². The van der Waals surface area contributed by atoms with E-state index in [-0.39, 0.29) is 18.1 Å². The second-order valence-electron chi connectivity index (χ2n) is 6.04. The number of amides is 1. The number of allylic oxidation sites excluding steroid dienone is 1. The maximum atomic E-state index is 13.7. The molecule has 0 fully saturated rings. The molecule has 0 aliphatic heterocycles. The van der Waals surface area contributed by atoms with Gasteiger partial charge in [0.15, 0.2) is 5.13 Å². The molecule has 4 nitrogen and oxygen atoms in total. The van der Waals surface area contributed by atoms with Gasteiger partial charge in [-0.1, -0.05) is 24.3 Å². The lowest BCUT2D eigenvalue weighted by Crippen LogP contribution is -2.15. The van der Waals surface area contributed by atoms with Gasteiger partial charge in [0.1, 0.15) is 5.82 Å². The van der Waals surface area contributed by atoms with Gasteiger partial charge in [0.05, 0.1) is 12.1 Å². The molecule has 26 heavy (non-hydrogen) atoms. The molecular weight excluding hydrogens is 349 g/mol. The molecule has 134 valence electrons. The number of carbonyl (C=O) groups is 1. The van der Waals surface area contributed by atoms with Crippen molar-refractivity contribution in [1.82, 2.24) is 9.55 Å². The van der Waals surface area contributed by atoms with E-state index in [4.69, 9.17) is 0 Å². The number of hydrogen-bond donors (Lipinski definition) is 1. The predicted octanol–water partition coefficient (Wildman–Crippen LogP) is 4.73. The van der Waals surface area contributed by atoms with Crippen molar-refractivity contribution in [1.29, 1.82) is 0 Å². The molecule has 2 aromatic heterocycles. The zero-order valence-corrected chi connectivity index (χ0v) is 15.6. The number of rotatable bonds is 6. The maximum Gasteiger partial charge on any atom is 0.230 e. The Morgan fingerprint density at radius 3 is 2.88 bits per heavy atom. The first-order chi connectivity index (χ1) is 12.5. The monoisotopic (exact) mass is 369 g/mol. The zero-order chi connectivity index (χ0) is 18.7. The minimum Gasteiger partial charge on any atom is -0.345 e. The van der Waals surface area contributed by atoms with Crippen LogP contribution < -0.4 is 5.32 Å². The van der Waals surface area contributed by atoms with Crippen LogP contribution in [0.3, 0.4) is 0 Å². The first kappa shape index (κ1) is 18.1. The highest BCUT2D eigenvalue weighted by molar-refractivity contribution is 7.14. The molecule has 0 aliphatic carbocycles. The van der Waals surface area contributed by atoms with E-state index in [2.05, 4.69) is 27.5 Å². The molecule has 3 rings (SSSR count). The van der Waals surface area contributed by atoms with Gasteiger partial charge in [0, 0.05) is 28.9 Å². The molecule has 2 heterocycles. The van der Waals surface area contributed by atoms with Crippen molar-refractivity contribution in [2.75, 3.05) is 5.32 Å². The Morgan fingerprint density at radius 2 is 2.15 bits per heavy atom. The van der Waals surface area contributed by atoms with Crippen LogP contribution in [0.4, 0.5) is 9.52 Å². The van der Waals surface area contributed by atoms with Gasteiger partial charge in [-0.25, -0.2) is 9.37 Å². The lowest BCUT2D eigenvalue weighted by Gasteiger charge is -2.05. The van der Waals surface area contributed by atoms with Crippen LogP contribution in [0.25, 0.3) is 11.3 Å². The van der Waals surface area contributed by atoms with Crippen LogP contribution in [0.1, 0.15) is 17.0 Å². The summed E-state index contributed by atoms with van der Waals surface area (Å²) < 4.78 is 15.8. The minimum absolute atomic E-state index is 0.0184. The topological polar surface area (TPSA) is 46.9 Å². The zero-order valence-electron chi connectivity index (χ0n) is 14.8. The first-order valence-electron chi connectivity index (χ1n) is 8.26. The van der Waals surface area contributed by atoms with Crippen LogP contribution in [-0.2, 0) is 17.8 Å². The Labute approximate surface area is 156 Å². The number of halogens is 1. The van der Waals surface area contributed by atoms with Gasteiger partial charge in [0.25, 0.3) is 0 Å². The largest absolute Gasteiger partial charge is 0.345 e. The molecule has 0 saturated carbocycles. The molecule has 0 unspecified atom stereocenters. The summed E-state index contributed by atoms with van der Waals surface area (Å²) in [6.45, 7) is 8.62. The molecule has 0 aliphatic rings. The number of aromatic nitrogens is 2. The van der Waals surface area contributed by atoms with Crippen LogP contribution >= 0.6 is 11.3 Å². The van der Waals surface area contributed by atoms with E-state index < -0.39 is 0 Å². The van der Waals surface area contributed by atoms with E-state index in [1.165, 1.54) is 17.4 Å². The summed E-state index contributed by atoms with van der Waals surface area (Å²) in [6, 6.07) is 8.36. The van der Waals surface area contributed by atoms with Gasteiger partial charge < -0.3 is 9.88 Å². The van der Waals surface area contributed by atoms with Gasteiger partial charge in [-0.05, 0) is 31.5 Å². The first-order valence-corrected chi connectivity index (χ1v) is 9.14.